The molecule has 7 heteroatoms. The van der Waals surface area contributed by atoms with Gasteiger partial charge in [-0.15, -0.1) is 0 Å². The molecule has 0 saturated carbocycles. The van der Waals surface area contributed by atoms with Crippen LogP contribution in [0.15, 0.2) is 18.2 Å². The standard InChI is InChI=1S/C15H22O7/c16-4-5-18-6-7-19-8-9-20-13-3-1-2-12(14(13)17)15-21-10-11-22-15/h1-3,15-17H,4-11H2. The molecule has 1 aromatic rings. The maximum atomic E-state index is 10.2. The minimum absolute atomic E-state index is 0.00709. The van der Waals surface area contributed by atoms with Crippen molar-refractivity contribution in [2.45, 2.75) is 6.29 Å². The van der Waals surface area contributed by atoms with Crippen molar-refractivity contribution in [1.29, 1.82) is 0 Å². The summed E-state index contributed by atoms with van der Waals surface area (Å²) in [5, 5.41) is 18.7. The maximum absolute atomic E-state index is 10.2. The van der Waals surface area contributed by atoms with Crippen LogP contribution in [-0.4, -0.2) is 63.1 Å². The number of phenols is 1. The molecular weight excluding hydrogens is 292 g/mol. The molecule has 0 bridgehead atoms. The minimum Gasteiger partial charge on any atom is -0.504 e. The fraction of sp³-hybridized carbons (Fsp3) is 0.600. The summed E-state index contributed by atoms with van der Waals surface area (Å²) in [5.74, 6) is 0.400. The Balaban J connectivity index is 1.70. The molecule has 1 heterocycles. The number of ether oxygens (including phenoxy) is 5. The first-order chi connectivity index (χ1) is 10.8. The number of para-hydroxylation sites is 1. The van der Waals surface area contributed by atoms with Gasteiger partial charge in [0.1, 0.15) is 6.61 Å². The normalized spacial score (nSPS) is 15.3. The van der Waals surface area contributed by atoms with Crippen LogP contribution in [0.5, 0.6) is 11.5 Å². The van der Waals surface area contributed by atoms with E-state index in [1.54, 1.807) is 18.2 Å². The number of aliphatic hydroxyl groups excluding tert-OH is 1. The van der Waals surface area contributed by atoms with Gasteiger partial charge in [-0.1, -0.05) is 6.07 Å². The van der Waals surface area contributed by atoms with Gasteiger partial charge in [-0.05, 0) is 12.1 Å². The molecule has 0 radical (unpaired) electrons. The zero-order valence-corrected chi connectivity index (χ0v) is 12.4. The molecule has 2 rings (SSSR count). The van der Waals surface area contributed by atoms with Crippen molar-refractivity contribution < 1.29 is 33.9 Å². The van der Waals surface area contributed by atoms with Crippen molar-refractivity contribution in [1.82, 2.24) is 0 Å². The lowest BCUT2D eigenvalue weighted by molar-refractivity contribution is -0.0457. The first-order valence-electron chi connectivity index (χ1n) is 7.27. The van der Waals surface area contributed by atoms with Crippen molar-refractivity contribution >= 4 is 0 Å². The van der Waals surface area contributed by atoms with Crippen molar-refractivity contribution in [3.05, 3.63) is 23.8 Å². The Hall–Kier alpha value is -1.38. The molecule has 7 nitrogen and oxygen atoms in total. The molecule has 0 spiro atoms. The highest BCUT2D eigenvalue weighted by atomic mass is 16.7. The lowest BCUT2D eigenvalue weighted by Crippen LogP contribution is -2.12. The average Bonchev–Trinajstić information content (AvgIpc) is 3.05. The van der Waals surface area contributed by atoms with Gasteiger partial charge in [0.05, 0.1) is 51.8 Å². The molecule has 22 heavy (non-hydrogen) atoms. The van der Waals surface area contributed by atoms with Crippen LogP contribution in [-0.2, 0) is 18.9 Å². The predicted molar refractivity (Wildman–Crippen MR) is 77.0 cm³/mol. The summed E-state index contributed by atoms with van der Waals surface area (Å²) in [6, 6.07) is 5.20. The van der Waals surface area contributed by atoms with Gasteiger partial charge in [0.2, 0.25) is 0 Å². The molecule has 0 unspecified atom stereocenters. The van der Waals surface area contributed by atoms with Gasteiger partial charge < -0.3 is 33.9 Å². The number of benzene rings is 1. The molecule has 1 aliphatic heterocycles. The van der Waals surface area contributed by atoms with E-state index in [0.717, 1.165) is 0 Å². The van der Waals surface area contributed by atoms with Gasteiger partial charge in [-0.25, -0.2) is 0 Å². The van der Waals surface area contributed by atoms with E-state index in [4.69, 9.17) is 28.8 Å². The topological polar surface area (TPSA) is 86.6 Å². The van der Waals surface area contributed by atoms with Crippen molar-refractivity contribution in [2.24, 2.45) is 0 Å². The third kappa shape index (κ3) is 5.11. The van der Waals surface area contributed by atoms with E-state index >= 15 is 0 Å². The van der Waals surface area contributed by atoms with Gasteiger partial charge in [-0.3, -0.25) is 0 Å². The van der Waals surface area contributed by atoms with Crippen LogP contribution in [0, 0.1) is 0 Å². The fourth-order valence-corrected chi connectivity index (χ4v) is 1.98. The summed E-state index contributed by atoms with van der Waals surface area (Å²) in [5.41, 5.74) is 0.563. The Kier molecular flexibility index (Phi) is 7.41. The van der Waals surface area contributed by atoms with Crippen LogP contribution < -0.4 is 4.74 Å². The quantitative estimate of drug-likeness (QED) is 0.619. The minimum atomic E-state index is -0.538. The molecule has 1 aliphatic rings. The highest BCUT2D eigenvalue weighted by Gasteiger charge is 2.23. The van der Waals surface area contributed by atoms with Gasteiger partial charge in [0.15, 0.2) is 17.8 Å². The summed E-state index contributed by atoms with van der Waals surface area (Å²) in [6.07, 6.45) is -0.538. The first-order valence-corrected chi connectivity index (χ1v) is 7.27. The molecule has 0 amide bonds. The zero-order valence-electron chi connectivity index (χ0n) is 12.4. The van der Waals surface area contributed by atoms with Gasteiger partial charge in [-0.2, -0.15) is 0 Å². The lowest BCUT2D eigenvalue weighted by atomic mass is 10.2. The molecule has 0 atom stereocenters. The Bertz CT molecular complexity index is 432. The highest BCUT2D eigenvalue weighted by Crippen LogP contribution is 2.36. The number of phenolic OH excluding ortho intramolecular Hbond substituents is 1. The lowest BCUT2D eigenvalue weighted by Gasteiger charge is -2.14. The summed E-state index contributed by atoms with van der Waals surface area (Å²) in [7, 11) is 0. The number of aromatic hydroxyl groups is 1. The average molecular weight is 314 g/mol. The second-order valence-corrected chi connectivity index (χ2v) is 4.56. The van der Waals surface area contributed by atoms with Crippen LogP contribution in [0.4, 0.5) is 0 Å². The van der Waals surface area contributed by atoms with Gasteiger partial charge in [0, 0.05) is 0 Å². The third-order valence-electron chi connectivity index (χ3n) is 3.00. The van der Waals surface area contributed by atoms with E-state index in [1.807, 2.05) is 0 Å². The van der Waals surface area contributed by atoms with E-state index in [2.05, 4.69) is 0 Å². The van der Waals surface area contributed by atoms with E-state index < -0.39 is 6.29 Å². The van der Waals surface area contributed by atoms with Crippen LogP contribution in [0.25, 0.3) is 0 Å². The summed E-state index contributed by atoms with van der Waals surface area (Å²) >= 11 is 0. The van der Waals surface area contributed by atoms with Crippen LogP contribution in [0.3, 0.4) is 0 Å². The highest BCUT2D eigenvalue weighted by molar-refractivity contribution is 5.46. The number of hydrogen-bond acceptors (Lipinski definition) is 7. The Morgan fingerprint density at radius 3 is 2.41 bits per heavy atom. The second-order valence-electron chi connectivity index (χ2n) is 4.56. The van der Waals surface area contributed by atoms with E-state index in [0.29, 0.717) is 57.6 Å². The largest absolute Gasteiger partial charge is 0.504 e. The van der Waals surface area contributed by atoms with Crippen molar-refractivity contribution in [2.75, 3.05) is 52.9 Å². The van der Waals surface area contributed by atoms with Crippen molar-refractivity contribution in [3.8, 4) is 11.5 Å². The summed E-state index contributed by atoms with van der Waals surface area (Å²) < 4.78 is 26.6. The van der Waals surface area contributed by atoms with Crippen LogP contribution in [0.2, 0.25) is 0 Å². The van der Waals surface area contributed by atoms with Gasteiger partial charge in [0.25, 0.3) is 0 Å². The molecule has 1 fully saturated rings. The molecule has 0 aliphatic carbocycles. The Morgan fingerprint density at radius 2 is 1.68 bits per heavy atom. The SMILES string of the molecule is OCCOCCOCCOc1cccc(C2OCCO2)c1O. The molecule has 124 valence electrons. The summed E-state index contributed by atoms with van der Waals surface area (Å²) in [6.45, 7) is 2.89. The molecule has 2 N–H and O–H groups in total. The number of aliphatic hydroxyl groups is 1. The van der Waals surface area contributed by atoms with Crippen molar-refractivity contribution in [3.63, 3.8) is 0 Å². The third-order valence-corrected chi connectivity index (χ3v) is 3.00. The second kappa shape index (κ2) is 9.60. The van der Waals surface area contributed by atoms with E-state index in [1.165, 1.54) is 0 Å². The number of rotatable bonds is 10. The van der Waals surface area contributed by atoms with E-state index in [9.17, 15) is 5.11 Å². The molecule has 0 aromatic heterocycles. The molecule has 1 saturated heterocycles. The smallest absolute Gasteiger partial charge is 0.187 e. The van der Waals surface area contributed by atoms with Crippen LogP contribution >= 0.6 is 0 Å². The monoisotopic (exact) mass is 314 g/mol. The Morgan fingerprint density at radius 1 is 1.00 bits per heavy atom. The molecule has 1 aromatic carbocycles. The maximum Gasteiger partial charge on any atom is 0.187 e. The van der Waals surface area contributed by atoms with E-state index in [-0.39, 0.29) is 12.4 Å². The zero-order chi connectivity index (χ0) is 15.6. The fourth-order valence-electron chi connectivity index (χ4n) is 1.98. The van der Waals surface area contributed by atoms with Gasteiger partial charge >= 0.3 is 0 Å². The Labute approximate surface area is 129 Å². The predicted octanol–water partition coefficient (Wildman–Crippen LogP) is 0.842. The summed E-state index contributed by atoms with van der Waals surface area (Å²) in [4.78, 5) is 0. The van der Waals surface area contributed by atoms with Crippen LogP contribution in [0.1, 0.15) is 11.9 Å². The number of hydrogen-bond donors (Lipinski definition) is 2. The first kappa shape index (κ1) is 17.0. The molecular formula is C15H22O7.